The monoisotopic (exact) mass is 404 g/mol. The van der Waals surface area contributed by atoms with E-state index in [0.29, 0.717) is 26.1 Å². The summed E-state index contributed by atoms with van der Waals surface area (Å²) in [6.07, 6.45) is 0.617. The number of carbonyl (C=O) groups is 4. The van der Waals surface area contributed by atoms with E-state index in [1.165, 1.54) is 23.5 Å². The van der Waals surface area contributed by atoms with E-state index in [-0.39, 0.29) is 58.6 Å². The van der Waals surface area contributed by atoms with Gasteiger partial charge in [-0.2, -0.15) is 0 Å². The summed E-state index contributed by atoms with van der Waals surface area (Å²) >= 11 is 2.51. The lowest BCUT2D eigenvalue weighted by atomic mass is 10.2. The van der Waals surface area contributed by atoms with Crippen molar-refractivity contribution >= 4 is 47.2 Å². The van der Waals surface area contributed by atoms with Crippen molar-refractivity contribution in [2.45, 2.75) is 26.3 Å². The first-order chi connectivity index (χ1) is 12.4. The van der Waals surface area contributed by atoms with Crippen molar-refractivity contribution in [2.24, 2.45) is 5.92 Å². The first kappa shape index (κ1) is 22.6. The molecule has 148 valence electrons. The highest BCUT2D eigenvalue weighted by atomic mass is 32.2. The number of nitrogens with one attached hydrogen (secondary N) is 4. The van der Waals surface area contributed by atoms with Crippen molar-refractivity contribution in [3.63, 3.8) is 0 Å². The molecule has 0 aromatic rings. The summed E-state index contributed by atoms with van der Waals surface area (Å²) in [5, 5.41) is 11.2. The SMILES string of the molecule is CC1CNC(=O)CSCC(=O)NCCC(C)NC(=O)CSCC(=O)NC1. The van der Waals surface area contributed by atoms with Crippen LogP contribution in [0.2, 0.25) is 0 Å². The van der Waals surface area contributed by atoms with Crippen LogP contribution in [0.1, 0.15) is 20.3 Å². The summed E-state index contributed by atoms with van der Waals surface area (Å²) < 4.78 is 0. The number of amides is 4. The third kappa shape index (κ3) is 11.2. The first-order valence-electron chi connectivity index (χ1n) is 8.61. The normalized spacial score (nSPS) is 26.1. The molecule has 0 spiro atoms. The highest BCUT2D eigenvalue weighted by Crippen LogP contribution is 2.02. The van der Waals surface area contributed by atoms with Gasteiger partial charge in [0, 0.05) is 25.7 Å². The molecule has 1 heterocycles. The van der Waals surface area contributed by atoms with Crippen LogP contribution >= 0.6 is 23.5 Å². The summed E-state index contributed by atoms with van der Waals surface area (Å²) in [4.78, 5) is 47.1. The zero-order valence-electron chi connectivity index (χ0n) is 15.3. The fourth-order valence-electron chi connectivity index (χ4n) is 2.09. The van der Waals surface area contributed by atoms with E-state index in [4.69, 9.17) is 0 Å². The summed E-state index contributed by atoms with van der Waals surface area (Å²) in [5.41, 5.74) is 0. The second-order valence-corrected chi connectivity index (χ2v) is 8.28. The van der Waals surface area contributed by atoms with E-state index >= 15 is 0 Å². The minimum atomic E-state index is -0.123. The minimum absolute atomic E-state index is 0.0675. The highest BCUT2D eigenvalue weighted by molar-refractivity contribution is 8.00. The van der Waals surface area contributed by atoms with Crippen molar-refractivity contribution in [2.75, 3.05) is 42.6 Å². The van der Waals surface area contributed by atoms with E-state index in [0.717, 1.165) is 0 Å². The molecule has 1 aliphatic heterocycles. The smallest absolute Gasteiger partial charge is 0.230 e. The van der Waals surface area contributed by atoms with Crippen molar-refractivity contribution in [3.8, 4) is 0 Å². The summed E-state index contributed by atoms with van der Waals surface area (Å²) in [7, 11) is 0. The van der Waals surface area contributed by atoms with Gasteiger partial charge in [0.2, 0.25) is 23.6 Å². The van der Waals surface area contributed by atoms with E-state index in [1.54, 1.807) is 0 Å². The number of carbonyl (C=O) groups excluding carboxylic acids is 4. The topological polar surface area (TPSA) is 116 Å². The summed E-state index contributed by atoms with van der Waals surface area (Å²) in [6, 6.07) is -0.0675. The van der Waals surface area contributed by atoms with Crippen LogP contribution < -0.4 is 21.3 Å². The van der Waals surface area contributed by atoms with E-state index < -0.39 is 0 Å². The Labute approximate surface area is 162 Å². The summed E-state index contributed by atoms with van der Waals surface area (Å²) in [5.74, 6) is 0.469. The number of hydrogen-bond donors (Lipinski definition) is 4. The lowest BCUT2D eigenvalue weighted by Crippen LogP contribution is -2.38. The number of thioether (sulfide) groups is 2. The Morgan fingerprint density at radius 2 is 1.19 bits per heavy atom. The molecule has 4 N–H and O–H groups in total. The largest absolute Gasteiger partial charge is 0.355 e. The van der Waals surface area contributed by atoms with Gasteiger partial charge in [-0.1, -0.05) is 6.92 Å². The molecular formula is C16H28N4O4S2. The molecule has 4 amide bonds. The first-order valence-corrected chi connectivity index (χ1v) is 10.9. The maximum absolute atomic E-state index is 11.8. The van der Waals surface area contributed by atoms with Crippen LogP contribution in [-0.2, 0) is 19.2 Å². The van der Waals surface area contributed by atoms with Crippen molar-refractivity contribution in [1.82, 2.24) is 21.3 Å². The fraction of sp³-hybridized carbons (Fsp3) is 0.750. The van der Waals surface area contributed by atoms with Gasteiger partial charge in [-0.15, -0.1) is 23.5 Å². The van der Waals surface area contributed by atoms with Crippen molar-refractivity contribution in [3.05, 3.63) is 0 Å². The molecule has 0 aromatic heterocycles. The van der Waals surface area contributed by atoms with Gasteiger partial charge in [0.25, 0.3) is 0 Å². The zero-order valence-corrected chi connectivity index (χ0v) is 16.9. The Bertz CT molecular complexity index is 505. The second-order valence-electron chi connectivity index (χ2n) is 6.31. The highest BCUT2D eigenvalue weighted by Gasteiger charge is 2.12. The average Bonchev–Trinajstić information content (AvgIpc) is 2.57. The Morgan fingerprint density at radius 3 is 1.73 bits per heavy atom. The molecular weight excluding hydrogens is 376 g/mol. The second kappa shape index (κ2) is 12.9. The molecule has 26 heavy (non-hydrogen) atoms. The predicted molar refractivity (Wildman–Crippen MR) is 105 cm³/mol. The Morgan fingerprint density at radius 1 is 0.731 bits per heavy atom. The quantitative estimate of drug-likeness (QED) is 0.426. The van der Waals surface area contributed by atoms with Crippen LogP contribution in [0, 0.1) is 5.92 Å². The van der Waals surface area contributed by atoms with E-state index in [1.807, 2.05) is 13.8 Å². The molecule has 2 unspecified atom stereocenters. The molecule has 1 aliphatic rings. The molecule has 0 aliphatic carbocycles. The molecule has 1 fully saturated rings. The molecule has 0 saturated carbocycles. The maximum atomic E-state index is 11.8. The zero-order chi connectivity index (χ0) is 19.4. The Kier molecular flexibility index (Phi) is 11.2. The van der Waals surface area contributed by atoms with E-state index in [9.17, 15) is 19.2 Å². The minimum Gasteiger partial charge on any atom is -0.355 e. The predicted octanol–water partition coefficient (Wildman–Crippen LogP) is -0.654. The van der Waals surface area contributed by atoms with Gasteiger partial charge in [-0.05, 0) is 19.3 Å². The van der Waals surface area contributed by atoms with Gasteiger partial charge in [0.15, 0.2) is 0 Å². The Hall–Kier alpha value is -1.42. The van der Waals surface area contributed by atoms with Crippen LogP contribution in [0.5, 0.6) is 0 Å². The van der Waals surface area contributed by atoms with Gasteiger partial charge in [-0.25, -0.2) is 0 Å². The fourth-order valence-corrected chi connectivity index (χ4v) is 3.43. The standard InChI is InChI=1S/C16H28N4O4S2/c1-11-5-18-14(22)8-25-7-13(21)17-4-3-12(2)20-16(24)10-26-9-15(23)19-6-11/h11-12H,3-10H2,1-2H3,(H,17,21)(H,18,22)(H,19,23)(H,20,24). The molecule has 1 rings (SSSR count). The average molecular weight is 405 g/mol. The van der Waals surface area contributed by atoms with E-state index in [2.05, 4.69) is 21.3 Å². The van der Waals surface area contributed by atoms with Crippen LogP contribution in [0.15, 0.2) is 0 Å². The third-order valence-corrected chi connectivity index (χ3v) is 5.40. The molecule has 0 aromatic carbocycles. The van der Waals surface area contributed by atoms with Gasteiger partial charge < -0.3 is 21.3 Å². The van der Waals surface area contributed by atoms with Crippen LogP contribution in [-0.4, -0.2) is 72.3 Å². The molecule has 2 atom stereocenters. The molecule has 8 nitrogen and oxygen atoms in total. The number of rotatable bonds is 0. The third-order valence-electron chi connectivity index (χ3n) is 3.53. The van der Waals surface area contributed by atoms with Gasteiger partial charge >= 0.3 is 0 Å². The molecule has 1 saturated heterocycles. The van der Waals surface area contributed by atoms with Crippen LogP contribution in [0.3, 0.4) is 0 Å². The maximum Gasteiger partial charge on any atom is 0.230 e. The van der Waals surface area contributed by atoms with Gasteiger partial charge in [-0.3, -0.25) is 19.2 Å². The van der Waals surface area contributed by atoms with Crippen molar-refractivity contribution in [1.29, 1.82) is 0 Å². The van der Waals surface area contributed by atoms with Gasteiger partial charge in [0.05, 0.1) is 23.0 Å². The molecule has 10 heteroatoms. The molecule has 0 radical (unpaired) electrons. The molecule has 0 bridgehead atoms. The lowest BCUT2D eigenvalue weighted by molar-refractivity contribution is -0.119. The van der Waals surface area contributed by atoms with Crippen LogP contribution in [0.4, 0.5) is 0 Å². The summed E-state index contributed by atoms with van der Waals surface area (Å²) in [6.45, 7) is 5.17. The Balaban J connectivity index is 2.49. The van der Waals surface area contributed by atoms with Crippen LogP contribution in [0.25, 0.3) is 0 Å². The van der Waals surface area contributed by atoms with Gasteiger partial charge in [0.1, 0.15) is 0 Å². The lowest BCUT2D eigenvalue weighted by Gasteiger charge is -2.15. The number of hydrogen-bond acceptors (Lipinski definition) is 6. The van der Waals surface area contributed by atoms with Crippen molar-refractivity contribution < 1.29 is 19.2 Å².